The molecular weight excluding hydrogens is 302 g/mol. The van der Waals surface area contributed by atoms with Gasteiger partial charge in [-0.15, -0.1) is 0 Å². The molecule has 1 aromatic carbocycles. The summed E-state index contributed by atoms with van der Waals surface area (Å²) in [5.74, 6) is -0.286. The number of nitrogens with two attached hydrogens (primary N) is 1. The van der Waals surface area contributed by atoms with Crippen LogP contribution in [-0.2, 0) is 10.0 Å². The number of aryl methyl sites for hydroxylation is 1. The van der Waals surface area contributed by atoms with E-state index in [-0.39, 0.29) is 10.9 Å². The van der Waals surface area contributed by atoms with Gasteiger partial charge in [0.2, 0.25) is 5.96 Å². The molecule has 0 saturated heterocycles. The molecule has 0 aliphatic rings. The van der Waals surface area contributed by atoms with E-state index in [4.69, 9.17) is 11.1 Å². The molecule has 0 amide bonds. The second-order valence-electron chi connectivity index (χ2n) is 4.77. The summed E-state index contributed by atoms with van der Waals surface area (Å²) in [5, 5.41) is 10.9. The molecule has 0 unspecified atom stereocenters. The summed E-state index contributed by atoms with van der Waals surface area (Å²) in [6.45, 7) is 3.58. The van der Waals surface area contributed by atoms with Gasteiger partial charge in [0.25, 0.3) is 10.0 Å². The molecule has 7 nitrogen and oxygen atoms in total. The topological polar surface area (TPSA) is 113 Å². The summed E-state index contributed by atoms with van der Waals surface area (Å²) in [6, 6.07) is 8.28. The van der Waals surface area contributed by atoms with Crippen molar-refractivity contribution in [2.45, 2.75) is 18.7 Å². The molecule has 0 aliphatic carbocycles. The van der Waals surface area contributed by atoms with E-state index in [1.165, 1.54) is 12.4 Å². The number of nitrogens with one attached hydrogen (secondary N) is 2. The molecule has 0 saturated carbocycles. The highest BCUT2D eigenvalue weighted by molar-refractivity contribution is 7.90. The summed E-state index contributed by atoms with van der Waals surface area (Å²) in [5.41, 5.74) is 9.59. The average molecular weight is 319 g/mol. The Balaban J connectivity index is 2.32. The highest BCUT2D eigenvalue weighted by atomic mass is 32.2. The van der Waals surface area contributed by atoms with Crippen LogP contribution in [0.5, 0.6) is 0 Å². The van der Waals surface area contributed by atoms with Crippen LogP contribution in [0.3, 0.4) is 0 Å². The van der Waals surface area contributed by atoms with E-state index in [2.05, 4.69) is 10.5 Å². The van der Waals surface area contributed by atoms with Crippen LogP contribution in [0.1, 0.15) is 18.1 Å². The molecule has 0 aliphatic heterocycles. The van der Waals surface area contributed by atoms with Crippen molar-refractivity contribution in [1.82, 2.24) is 9.40 Å². The highest BCUT2D eigenvalue weighted by Crippen LogP contribution is 2.16. The zero-order valence-corrected chi connectivity index (χ0v) is 13.1. The molecular formula is C14H17N5O2S. The minimum absolute atomic E-state index is 0.219. The first-order valence-electron chi connectivity index (χ1n) is 6.45. The Morgan fingerprint density at radius 1 is 1.27 bits per heavy atom. The molecule has 0 radical (unpaired) electrons. The van der Waals surface area contributed by atoms with Crippen molar-refractivity contribution in [2.24, 2.45) is 10.8 Å². The summed E-state index contributed by atoms with van der Waals surface area (Å²) in [4.78, 5) is 0.219. The molecule has 2 aromatic rings. The molecule has 0 fully saturated rings. The van der Waals surface area contributed by atoms with Gasteiger partial charge < -0.3 is 5.73 Å². The lowest BCUT2D eigenvalue weighted by Crippen LogP contribution is -2.26. The number of hydrogen-bond acceptors (Lipinski definition) is 4. The first kappa shape index (κ1) is 15.8. The third kappa shape index (κ3) is 3.34. The Morgan fingerprint density at radius 2 is 1.91 bits per heavy atom. The first-order valence-corrected chi connectivity index (χ1v) is 7.89. The van der Waals surface area contributed by atoms with E-state index in [0.29, 0.717) is 11.3 Å². The molecule has 0 atom stereocenters. The Kier molecular flexibility index (Phi) is 4.32. The number of hydrogen-bond donors (Lipinski definition) is 3. The maximum Gasteiger partial charge on any atom is 0.267 e. The molecule has 4 N–H and O–H groups in total. The van der Waals surface area contributed by atoms with E-state index >= 15 is 0 Å². The molecule has 8 heteroatoms. The van der Waals surface area contributed by atoms with Crippen molar-refractivity contribution >= 4 is 21.7 Å². The zero-order chi connectivity index (χ0) is 16.3. The quantitative estimate of drug-likeness (QED) is 0.447. The van der Waals surface area contributed by atoms with Crippen LogP contribution in [0.2, 0.25) is 0 Å². The Bertz CT molecular complexity index is 819. The van der Waals surface area contributed by atoms with Gasteiger partial charge in [0.1, 0.15) is 0 Å². The van der Waals surface area contributed by atoms with Crippen molar-refractivity contribution < 1.29 is 8.42 Å². The SMILES string of the molecule is CC(=NNC(=N)N)c1ccn(S(=O)(=O)c2ccc(C)cc2)c1. The summed E-state index contributed by atoms with van der Waals surface area (Å²) in [7, 11) is -3.63. The number of nitrogens with zero attached hydrogens (tertiary/aromatic N) is 2. The average Bonchev–Trinajstić information content (AvgIpc) is 2.95. The van der Waals surface area contributed by atoms with Crippen LogP contribution in [0.15, 0.2) is 52.7 Å². The van der Waals surface area contributed by atoms with Gasteiger partial charge >= 0.3 is 0 Å². The molecule has 2 rings (SSSR count). The van der Waals surface area contributed by atoms with E-state index in [9.17, 15) is 8.42 Å². The molecule has 22 heavy (non-hydrogen) atoms. The Hall–Kier alpha value is -2.61. The van der Waals surface area contributed by atoms with Crippen LogP contribution in [-0.4, -0.2) is 24.1 Å². The lowest BCUT2D eigenvalue weighted by atomic mass is 10.2. The van der Waals surface area contributed by atoms with Gasteiger partial charge in [0.05, 0.1) is 10.6 Å². The van der Waals surface area contributed by atoms with Crippen molar-refractivity contribution in [3.8, 4) is 0 Å². The zero-order valence-electron chi connectivity index (χ0n) is 12.2. The smallest absolute Gasteiger partial charge is 0.267 e. The second kappa shape index (κ2) is 6.02. The van der Waals surface area contributed by atoms with Crippen molar-refractivity contribution in [2.75, 3.05) is 0 Å². The van der Waals surface area contributed by atoms with Gasteiger partial charge in [-0.3, -0.25) is 5.41 Å². The van der Waals surface area contributed by atoms with E-state index in [1.807, 2.05) is 6.92 Å². The summed E-state index contributed by atoms with van der Waals surface area (Å²) < 4.78 is 26.1. The fourth-order valence-corrected chi connectivity index (χ4v) is 2.98. The minimum Gasteiger partial charge on any atom is -0.369 e. The molecule has 1 aromatic heterocycles. The fraction of sp³-hybridized carbons (Fsp3) is 0.143. The predicted octanol–water partition coefficient (Wildman–Crippen LogP) is 1.24. The van der Waals surface area contributed by atoms with Crippen LogP contribution in [0, 0.1) is 12.3 Å². The normalized spacial score (nSPS) is 12.2. The molecule has 0 spiro atoms. The third-order valence-electron chi connectivity index (χ3n) is 3.03. The van der Waals surface area contributed by atoms with E-state index in [0.717, 1.165) is 9.54 Å². The van der Waals surface area contributed by atoms with Crippen LogP contribution in [0.4, 0.5) is 0 Å². The van der Waals surface area contributed by atoms with Gasteiger partial charge in [-0.25, -0.2) is 17.8 Å². The van der Waals surface area contributed by atoms with E-state index in [1.54, 1.807) is 37.3 Å². The van der Waals surface area contributed by atoms with Gasteiger partial charge in [0.15, 0.2) is 0 Å². The number of aromatic nitrogens is 1. The number of hydrazone groups is 1. The summed E-state index contributed by atoms with van der Waals surface area (Å²) in [6.07, 6.45) is 2.92. The number of guanidine groups is 1. The monoisotopic (exact) mass is 319 g/mol. The van der Waals surface area contributed by atoms with Crippen LogP contribution >= 0.6 is 0 Å². The predicted molar refractivity (Wildman–Crippen MR) is 85.5 cm³/mol. The molecule has 1 heterocycles. The van der Waals surface area contributed by atoms with Gasteiger partial charge in [-0.2, -0.15) is 5.10 Å². The number of benzene rings is 1. The molecule has 0 bridgehead atoms. The van der Waals surface area contributed by atoms with Crippen LogP contribution < -0.4 is 11.2 Å². The largest absolute Gasteiger partial charge is 0.369 e. The van der Waals surface area contributed by atoms with E-state index < -0.39 is 10.0 Å². The maximum absolute atomic E-state index is 12.5. The summed E-state index contributed by atoms with van der Waals surface area (Å²) >= 11 is 0. The lowest BCUT2D eigenvalue weighted by Gasteiger charge is -2.06. The van der Waals surface area contributed by atoms with Gasteiger partial charge in [-0.05, 0) is 32.0 Å². The Labute approximate surface area is 129 Å². The van der Waals surface area contributed by atoms with Crippen LogP contribution in [0.25, 0.3) is 0 Å². The maximum atomic E-state index is 12.5. The van der Waals surface area contributed by atoms with Gasteiger partial charge in [0, 0.05) is 18.0 Å². The Morgan fingerprint density at radius 3 is 2.50 bits per heavy atom. The highest BCUT2D eigenvalue weighted by Gasteiger charge is 2.16. The number of rotatable bonds is 4. The first-order chi connectivity index (χ1) is 10.3. The second-order valence-corrected chi connectivity index (χ2v) is 6.61. The van der Waals surface area contributed by atoms with Crippen molar-refractivity contribution in [3.05, 3.63) is 53.9 Å². The van der Waals surface area contributed by atoms with Crippen molar-refractivity contribution in [1.29, 1.82) is 5.41 Å². The minimum atomic E-state index is -3.63. The van der Waals surface area contributed by atoms with Gasteiger partial charge in [-0.1, -0.05) is 17.7 Å². The standard InChI is InChI=1S/C14H17N5O2S/c1-10-3-5-13(6-4-10)22(20,21)19-8-7-12(9-19)11(2)17-18-14(15)16/h3-9H,1-2H3,(H4,15,16,18). The third-order valence-corrected chi connectivity index (χ3v) is 4.68. The van der Waals surface area contributed by atoms with Crippen molar-refractivity contribution in [3.63, 3.8) is 0 Å². The fourth-order valence-electron chi connectivity index (χ4n) is 1.78. The lowest BCUT2D eigenvalue weighted by molar-refractivity contribution is 0.587. The molecule has 116 valence electrons.